The predicted octanol–water partition coefficient (Wildman–Crippen LogP) is 2.10. The lowest BCUT2D eigenvalue weighted by molar-refractivity contribution is 0.0944. The van der Waals surface area contributed by atoms with Gasteiger partial charge in [0.15, 0.2) is 5.82 Å². The van der Waals surface area contributed by atoms with E-state index in [1.807, 2.05) is 18.2 Å². The maximum Gasteiger partial charge on any atom is 0.251 e. The highest BCUT2D eigenvalue weighted by Gasteiger charge is 2.29. The number of benzene rings is 1. The quantitative estimate of drug-likeness (QED) is 0.737. The van der Waals surface area contributed by atoms with E-state index >= 15 is 0 Å². The Morgan fingerprint density at radius 2 is 2.08 bits per heavy atom. The van der Waals surface area contributed by atoms with Crippen LogP contribution in [0.4, 0.5) is 5.82 Å². The highest BCUT2D eigenvalue weighted by Crippen LogP contribution is 2.38. The van der Waals surface area contributed by atoms with E-state index in [1.54, 1.807) is 6.33 Å². The number of aromatic nitrogens is 4. The molecule has 0 radical (unpaired) electrons. The Labute approximate surface area is 150 Å². The Hall–Kier alpha value is -2.96. The fourth-order valence-corrected chi connectivity index (χ4v) is 3.40. The molecule has 1 aliphatic heterocycles. The van der Waals surface area contributed by atoms with Gasteiger partial charge in [-0.15, -0.1) is 5.10 Å². The van der Waals surface area contributed by atoms with Crippen molar-refractivity contribution in [2.24, 2.45) is 5.92 Å². The van der Waals surface area contributed by atoms with E-state index in [4.69, 9.17) is 0 Å². The van der Waals surface area contributed by atoms with E-state index in [-0.39, 0.29) is 5.91 Å². The van der Waals surface area contributed by atoms with Crippen LogP contribution in [0, 0.1) is 5.92 Å². The number of hydrogen-bond donors (Lipinski definition) is 2. The van der Waals surface area contributed by atoms with E-state index in [1.165, 1.54) is 12.8 Å². The van der Waals surface area contributed by atoms with Crippen molar-refractivity contribution in [2.45, 2.75) is 18.8 Å². The molecule has 1 saturated carbocycles. The molecule has 7 heteroatoms. The lowest BCUT2D eigenvalue weighted by Crippen LogP contribution is -2.51. The number of nitrogens with zero attached hydrogens (tertiary/aromatic N) is 4. The topological polar surface area (TPSA) is 86.8 Å². The molecule has 2 aromatic heterocycles. The SMILES string of the molecule is O=C(NCC1CN(c2ccc(C3CC3)nn2)C1)c1ccc2nc[nH]c2c1. The summed E-state index contributed by atoms with van der Waals surface area (Å²) in [4.78, 5) is 21.7. The van der Waals surface area contributed by atoms with Crippen molar-refractivity contribution in [1.82, 2.24) is 25.5 Å². The minimum absolute atomic E-state index is 0.0477. The summed E-state index contributed by atoms with van der Waals surface area (Å²) in [6.45, 7) is 2.47. The lowest BCUT2D eigenvalue weighted by atomic mass is 10.00. The highest BCUT2D eigenvalue weighted by molar-refractivity contribution is 5.97. The van der Waals surface area contributed by atoms with Gasteiger partial charge in [-0.1, -0.05) is 0 Å². The predicted molar refractivity (Wildman–Crippen MR) is 98.1 cm³/mol. The average Bonchev–Trinajstić information content (AvgIpc) is 3.37. The number of rotatable bonds is 5. The zero-order valence-electron chi connectivity index (χ0n) is 14.4. The molecule has 2 fully saturated rings. The second kappa shape index (κ2) is 6.09. The van der Waals surface area contributed by atoms with Gasteiger partial charge in [0, 0.05) is 37.0 Å². The summed E-state index contributed by atoms with van der Waals surface area (Å²) in [5.41, 5.74) is 3.51. The molecule has 0 bridgehead atoms. The van der Waals surface area contributed by atoms with Crippen LogP contribution in [0.2, 0.25) is 0 Å². The van der Waals surface area contributed by atoms with Crippen molar-refractivity contribution in [3.8, 4) is 0 Å². The third-order valence-electron chi connectivity index (χ3n) is 5.18. The number of fused-ring (bicyclic) bond motifs is 1. The fourth-order valence-electron chi connectivity index (χ4n) is 3.40. The Kier molecular flexibility index (Phi) is 3.58. The number of aromatic amines is 1. The van der Waals surface area contributed by atoms with Crippen LogP contribution in [-0.4, -0.2) is 45.7 Å². The van der Waals surface area contributed by atoms with Crippen molar-refractivity contribution in [1.29, 1.82) is 0 Å². The van der Waals surface area contributed by atoms with Gasteiger partial charge in [-0.25, -0.2) is 4.98 Å². The number of anilines is 1. The summed E-state index contributed by atoms with van der Waals surface area (Å²) >= 11 is 0. The summed E-state index contributed by atoms with van der Waals surface area (Å²) in [6, 6.07) is 9.66. The fraction of sp³-hybridized carbons (Fsp3) is 0.368. The van der Waals surface area contributed by atoms with Crippen molar-refractivity contribution >= 4 is 22.8 Å². The van der Waals surface area contributed by atoms with Crippen LogP contribution in [0.1, 0.15) is 34.8 Å². The summed E-state index contributed by atoms with van der Waals surface area (Å²) < 4.78 is 0. The maximum atomic E-state index is 12.3. The van der Waals surface area contributed by atoms with E-state index in [0.717, 1.165) is 35.6 Å². The highest BCUT2D eigenvalue weighted by atomic mass is 16.1. The van der Waals surface area contributed by atoms with Gasteiger partial charge in [-0.2, -0.15) is 5.10 Å². The van der Waals surface area contributed by atoms with Crippen LogP contribution in [0.15, 0.2) is 36.7 Å². The first-order valence-corrected chi connectivity index (χ1v) is 9.06. The molecular weight excluding hydrogens is 328 g/mol. The van der Waals surface area contributed by atoms with Crippen molar-refractivity contribution < 1.29 is 4.79 Å². The molecule has 2 aliphatic rings. The van der Waals surface area contributed by atoms with Crippen LogP contribution in [0.25, 0.3) is 11.0 Å². The van der Waals surface area contributed by atoms with Crippen LogP contribution >= 0.6 is 0 Å². The van der Waals surface area contributed by atoms with Crippen LogP contribution in [0.3, 0.4) is 0 Å². The standard InChI is InChI=1S/C19H20N6O/c26-19(14-3-4-16-17(7-14)22-11-21-16)20-8-12-9-25(10-12)18-6-5-15(23-24-18)13-1-2-13/h3-7,11-13H,1-2,8-10H2,(H,20,26)(H,21,22). The molecule has 1 aliphatic carbocycles. The number of nitrogens with one attached hydrogen (secondary N) is 2. The minimum atomic E-state index is -0.0477. The van der Waals surface area contributed by atoms with E-state index in [9.17, 15) is 4.79 Å². The van der Waals surface area contributed by atoms with Crippen LogP contribution < -0.4 is 10.2 Å². The molecule has 5 rings (SSSR count). The molecule has 0 atom stereocenters. The van der Waals surface area contributed by atoms with Gasteiger partial charge in [0.1, 0.15) is 0 Å². The molecule has 1 saturated heterocycles. The molecule has 132 valence electrons. The zero-order valence-corrected chi connectivity index (χ0v) is 14.4. The van der Waals surface area contributed by atoms with E-state index in [2.05, 4.69) is 42.5 Å². The molecule has 1 amide bonds. The summed E-state index contributed by atoms with van der Waals surface area (Å²) in [6.07, 6.45) is 4.12. The Morgan fingerprint density at radius 3 is 2.85 bits per heavy atom. The van der Waals surface area contributed by atoms with Crippen LogP contribution in [-0.2, 0) is 0 Å². The number of imidazole rings is 1. The minimum Gasteiger partial charge on any atom is -0.354 e. The van der Waals surface area contributed by atoms with Gasteiger partial charge < -0.3 is 15.2 Å². The summed E-state index contributed by atoms with van der Waals surface area (Å²) in [5, 5.41) is 11.7. The van der Waals surface area contributed by atoms with Gasteiger partial charge in [0.2, 0.25) is 0 Å². The molecular formula is C19H20N6O. The molecule has 3 aromatic rings. The second-order valence-electron chi connectivity index (χ2n) is 7.21. The maximum absolute atomic E-state index is 12.3. The van der Waals surface area contributed by atoms with E-state index in [0.29, 0.717) is 23.9 Å². The van der Waals surface area contributed by atoms with E-state index < -0.39 is 0 Å². The number of amides is 1. The van der Waals surface area contributed by atoms with Crippen LogP contribution in [0.5, 0.6) is 0 Å². The molecule has 26 heavy (non-hydrogen) atoms. The monoisotopic (exact) mass is 348 g/mol. The first kappa shape index (κ1) is 15.3. The van der Waals surface area contributed by atoms with Crippen molar-refractivity contribution in [3.63, 3.8) is 0 Å². The summed E-state index contributed by atoms with van der Waals surface area (Å²) in [7, 11) is 0. The number of H-pyrrole nitrogens is 1. The first-order chi connectivity index (χ1) is 12.8. The third kappa shape index (κ3) is 2.89. The molecule has 2 N–H and O–H groups in total. The van der Waals surface area contributed by atoms with Gasteiger partial charge in [0.05, 0.1) is 23.1 Å². The number of hydrogen-bond acceptors (Lipinski definition) is 5. The Bertz CT molecular complexity index is 940. The van der Waals surface area contributed by atoms with Gasteiger partial charge >= 0.3 is 0 Å². The van der Waals surface area contributed by atoms with Crippen molar-refractivity contribution in [2.75, 3.05) is 24.5 Å². The average molecular weight is 348 g/mol. The molecule has 1 aromatic carbocycles. The molecule has 0 unspecified atom stereocenters. The largest absolute Gasteiger partial charge is 0.354 e. The van der Waals surface area contributed by atoms with Gasteiger partial charge in [-0.05, 0) is 43.2 Å². The third-order valence-corrected chi connectivity index (χ3v) is 5.18. The molecule has 3 heterocycles. The van der Waals surface area contributed by atoms with Gasteiger partial charge in [0.25, 0.3) is 5.91 Å². The zero-order chi connectivity index (χ0) is 17.5. The first-order valence-electron chi connectivity index (χ1n) is 9.06. The Morgan fingerprint density at radius 1 is 1.19 bits per heavy atom. The van der Waals surface area contributed by atoms with Crippen molar-refractivity contribution in [3.05, 3.63) is 47.9 Å². The number of carbonyl (C=O) groups excluding carboxylic acids is 1. The lowest BCUT2D eigenvalue weighted by Gasteiger charge is -2.39. The number of carbonyl (C=O) groups is 1. The molecule has 0 spiro atoms. The second-order valence-corrected chi connectivity index (χ2v) is 7.21. The Balaban J connectivity index is 1.13. The van der Waals surface area contributed by atoms with Gasteiger partial charge in [-0.3, -0.25) is 4.79 Å². The smallest absolute Gasteiger partial charge is 0.251 e. The molecule has 7 nitrogen and oxygen atoms in total. The normalized spacial score (nSPS) is 17.3. The summed E-state index contributed by atoms with van der Waals surface area (Å²) in [5.74, 6) is 1.96.